The largest absolute Gasteiger partial charge is 0.508 e. The van der Waals surface area contributed by atoms with Crippen LogP contribution in [0.4, 0.5) is 9.59 Å². The van der Waals surface area contributed by atoms with Gasteiger partial charge in [-0.15, -0.1) is 0 Å². The van der Waals surface area contributed by atoms with Crippen molar-refractivity contribution in [1.82, 2.24) is 15.1 Å². The highest BCUT2D eigenvalue weighted by Crippen LogP contribution is 2.47. The standard InChI is InChI=1S/C19H20N4O7/c20-18(28)30-8-11-5-10-7-22(15-13(10)23(16(15)25)14(11)17(26)27)19(29)21-6-9-1-3-12(24)4-2-9/h1-4,10,13,15,24H,5-8H2,(H2,20,28)(H,21,29)(H,26,27)/t10-,13-,15+/m1/s1. The lowest BCUT2D eigenvalue weighted by atomic mass is 9.79. The van der Waals surface area contributed by atoms with Crippen molar-refractivity contribution in [2.45, 2.75) is 25.0 Å². The van der Waals surface area contributed by atoms with Gasteiger partial charge in [0.1, 0.15) is 24.1 Å². The summed E-state index contributed by atoms with van der Waals surface area (Å²) in [4.78, 5) is 50.7. The van der Waals surface area contributed by atoms with Crippen molar-refractivity contribution < 1.29 is 34.1 Å². The van der Waals surface area contributed by atoms with Crippen LogP contribution in [0.5, 0.6) is 5.75 Å². The molecule has 1 aromatic rings. The zero-order valence-electron chi connectivity index (χ0n) is 15.8. The van der Waals surface area contributed by atoms with Gasteiger partial charge in [-0.25, -0.2) is 14.4 Å². The monoisotopic (exact) mass is 416 g/mol. The molecule has 2 saturated heterocycles. The van der Waals surface area contributed by atoms with Gasteiger partial charge in [-0.3, -0.25) is 9.69 Å². The molecule has 11 nitrogen and oxygen atoms in total. The number of nitrogens with two attached hydrogens (primary N) is 1. The predicted molar refractivity (Wildman–Crippen MR) is 99.8 cm³/mol. The van der Waals surface area contributed by atoms with Gasteiger partial charge in [0.25, 0.3) is 5.91 Å². The molecule has 0 saturated carbocycles. The number of aromatic hydroxyl groups is 1. The molecule has 0 bridgehead atoms. The average molecular weight is 416 g/mol. The Balaban J connectivity index is 1.48. The number of likely N-dealkylation sites (tertiary alicyclic amines) is 1. The van der Waals surface area contributed by atoms with E-state index >= 15 is 0 Å². The number of carbonyl (C=O) groups excluding carboxylic acids is 3. The zero-order valence-corrected chi connectivity index (χ0v) is 15.8. The number of phenolic OH excluding ortho intramolecular Hbond substituents is 1. The summed E-state index contributed by atoms with van der Waals surface area (Å²) < 4.78 is 4.75. The van der Waals surface area contributed by atoms with Crippen molar-refractivity contribution in [2.24, 2.45) is 11.7 Å². The van der Waals surface area contributed by atoms with Crippen LogP contribution in [0.3, 0.4) is 0 Å². The number of amides is 4. The Hall–Kier alpha value is -3.76. The number of nitrogens with one attached hydrogen (secondary N) is 1. The number of hydrogen-bond donors (Lipinski definition) is 4. The Bertz CT molecular complexity index is 958. The maximum absolute atomic E-state index is 12.7. The van der Waals surface area contributed by atoms with E-state index in [0.29, 0.717) is 5.57 Å². The maximum Gasteiger partial charge on any atom is 0.404 e. The van der Waals surface area contributed by atoms with Crippen LogP contribution in [0.25, 0.3) is 0 Å². The SMILES string of the molecule is NC(=O)OCC1=C(C(=O)O)N2C(=O)[C@@H]3[C@H]2[C@H](C1)CN3C(=O)NCc1ccc(O)cc1. The summed E-state index contributed by atoms with van der Waals surface area (Å²) in [6.45, 7) is 0.166. The topological polar surface area (TPSA) is 162 Å². The number of phenols is 1. The molecule has 3 aliphatic rings. The van der Waals surface area contributed by atoms with E-state index in [1.54, 1.807) is 12.1 Å². The van der Waals surface area contributed by atoms with E-state index in [9.17, 15) is 29.4 Å². The van der Waals surface area contributed by atoms with E-state index < -0.39 is 36.1 Å². The lowest BCUT2D eigenvalue weighted by Gasteiger charge is -2.49. The molecule has 0 radical (unpaired) electrons. The van der Waals surface area contributed by atoms with E-state index in [2.05, 4.69) is 5.32 Å². The first-order valence-corrected chi connectivity index (χ1v) is 9.31. The van der Waals surface area contributed by atoms with Gasteiger partial charge in [-0.05, 0) is 29.7 Å². The summed E-state index contributed by atoms with van der Waals surface area (Å²) in [6.07, 6.45) is -0.759. The average Bonchev–Trinajstić information content (AvgIpc) is 3.07. The van der Waals surface area contributed by atoms with Gasteiger partial charge in [-0.2, -0.15) is 0 Å². The van der Waals surface area contributed by atoms with Crippen molar-refractivity contribution in [2.75, 3.05) is 13.2 Å². The molecule has 0 aliphatic carbocycles. The molecule has 1 aromatic carbocycles. The third-order valence-corrected chi connectivity index (χ3v) is 5.68. The van der Waals surface area contributed by atoms with Crippen LogP contribution in [0.1, 0.15) is 12.0 Å². The Morgan fingerprint density at radius 1 is 1.23 bits per heavy atom. The van der Waals surface area contributed by atoms with Gasteiger partial charge in [0.2, 0.25) is 0 Å². The molecule has 11 heteroatoms. The van der Waals surface area contributed by atoms with Crippen LogP contribution in [0.15, 0.2) is 35.5 Å². The number of carboxylic acid groups (broad SMARTS) is 1. The van der Waals surface area contributed by atoms with Gasteiger partial charge >= 0.3 is 18.1 Å². The molecule has 30 heavy (non-hydrogen) atoms. The fourth-order valence-corrected chi connectivity index (χ4v) is 4.43. The number of β-lactam (4-membered cyclic amide) rings is 1. The molecule has 2 fully saturated rings. The summed E-state index contributed by atoms with van der Waals surface area (Å²) in [5.41, 5.74) is 5.84. The lowest BCUT2D eigenvalue weighted by Crippen LogP contribution is -2.70. The maximum atomic E-state index is 12.7. The molecule has 158 valence electrons. The second-order valence-electron chi connectivity index (χ2n) is 7.45. The number of primary amides is 1. The smallest absolute Gasteiger partial charge is 0.404 e. The number of benzene rings is 1. The molecule has 5 N–H and O–H groups in total. The predicted octanol–water partition coefficient (Wildman–Crippen LogP) is -0.0493. The molecular weight excluding hydrogens is 396 g/mol. The number of carbonyl (C=O) groups is 4. The number of nitrogens with zero attached hydrogens (tertiary/aromatic N) is 2. The number of ether oxygens (including phenoxy) is 1. The van der Waals surface area contributed by atoms with Gasteiger partial charge in [0.05, 0.1) is 6.04 Å². The first kappa shape index (κ1) is 19.6. The Morgan fingerprint density at radius 2 is 1.93 bits per heavy atom. The third-order valence-electron chi connectivity index (χ3n) is 5.68. The second-order valence-corrected chi connectivity index (χ2v) is 7.45. The van der Waals surface area contributed by atoms with Crippen LogP contribution < -0.4 is 11.1 Å². The van der Waals surface area contributed by atoms with Gasteiger partial charge in [-0.1, -0.05) is 12.1 Å². The van der Waals surface area contributed by atoms with Gasteiger partial charge in [0.15, 0.2) is 0 Å². The number of urea groups is 1. The van der Waals surface area contributed by atoms with Crippen LogP contribution in [0.2, 0.25) is 0 Å². The molecule has 0 spiro atoms. The van der Waals surface area contributed by atoms with Crippen LogP contribution in [0, 0.1) is 5.92 Å². The van der Waals surface area contributed by atoms with Crippen LogP contribution >= 0.6 is 0 Å². The first-order valence-electron chi connectivity index (χ1n) is 9.31. The zero-order chi connectivity index (χ0) is 21.6. The molecule has 0 unspecified atom stereocenters. The van der Waals surface area contributed by atoms with Crippen molar-refractivity contribution >= 4 is 24.0 Å². The molecule has 3 heterocycles. The highest BCUT2D eigenvalue weighted by atomic mass is 16.5. The van der Waals surface area contributed by atoms with Crippen molar-refractivity contribution in [3.63, 3.8) is 0 Å². The third kappa shape index (κ3) is 3.17. The summed E-state index contributed by atoms with van der Waals surface area (Å²) in [5.74, 6) is -1.82. The highest BCUT2D eigenvalue weighted by molar-refractivity contribution is 6.02. The van der Waals surface area contributed by atoms with E-state index in [0.717, 1.165) is 5.56 Å². The quantitative estimate of drug-likeness (QED) is 0.489. The molecule has 3 aliphatic heterocycles. The van der Waals surface area contributed by atoms with E-state index in [4.69, 9.17) is 10.5 Å². The van der Waals surface area contributed by atoms with Crippen LogP contribution in [-0.4, -0.2) is 69.2 Å². The van der Waals surface area contributed by atoms with Crippen LogP contribution in [-0.2, 0) is 20.9 Å². The second kappa shape index (κ2) is 7.25. The minimum absolute atomic E-state index is 0.117. The fourth-order valence-electron chi connectivity index (χ4n) is 4.43. The number of hydrogen-bond acceptors (Lipinski definition) is 6. The van der Waals surface area contributed by atoms with Crippen molar-refractivity contribution in [3.05, 3.63) is 41.1 Å². The molecule has 3 atom stereocenters. The highest BCUT2D eigenvalue weighted by Gasteiger charge is 2.64. The van der Waals surface area contributed by atoms with Crippen molar-refractivity contribution in [1.29, 1.82) is 0 Å². The van der Waals surface area contributed by atoms with E-state index in [1.165, 1.54) is 21.9 Å². The normalized spacial score (nSPS) is 24.3. The van der Waals surface area contributed by atoms with E-state index in [-0.39, 0.29) is 43.5 Å². The fraction of sp³-hybridized carbons (Fsp3) is 0.368. The number of carboxylic acids is 1. The molecule has 4 rings (SSSR count). The van der Waals surface area contributed by atoms with Gasteiger partial charge < -0.3 is 30.9 Å². The van der Waals surface area contributed by atoms with E-state index in [1.807, 2.05) is 0 Å². The molecular formula is C19H20N4O7. The first-order chi connectivity index (χ1) is 14.3. The molecule has 0 aromatic heterocycles. The minimum atomic E-state index is -1.29. The minimum Gasteiger partial charge on any atom is -0.508 e. The molecule has 4 amide bonds. The Labute approximate surface area is 170 Å². The summed E-state index contributed by atoms with van der Waals surface area (Å²) >= 11 is 0. The number of aliphatic carboxylic acids is 1. The van der Waals surface area contributed by atoms with Crippen molar-refractivity contribution in [3.8, 4) is 5.75 Å². The summed E-state index contributed by atoms with van der Waals surface area (Å²) in [5, 5.41) is 21.7. The Morgan fingerprint density at radius 3 is 2.57 bits per heavy atom. The number of rotatable bonds is 5. The lowest BCUT2D eigenvalue weighted by molar-refractivity contribution is -0.156. The summed E-state index contributed by atoms with van der Waals surface area (Å²) in [6, 6.07) is 4.79. The van der Waals surface area contributed by atoms with Gasteiger partial charge in [0, 0.05) is 19.0 Å². The Kier molecular flexibility index (Phi) is 4.72. The summed E-state index contributed by atoms with van der Waals surface area (Å²) in [7, 11) is 0.